The van der Waals surface area contributed by atoms with E-state index in [1.165, 1.54) is 6.42 Å². The smallest absolute Gasteiger partial charge is 0.220 e. The maximum absolute atomic E-state index is 11.8. The van der Waals surface area contributed by atoms with Crippen LogP contribution < -0.4 is 11.1 Å². The van der Waals surface area contributed by atoms with E-state index in [1.807, 2.05) is 0 Å². The molecule has 104 valence electrons. The summed E-state index contributed by atoms with van der Waals surface area (Å²) in [5.74, 6) is 0.719. The second kappa shape index (κ2) is 6.53. The van der Waals surface area contributed by atoms with E-state index in [0.717, 1.165) is 38.5 Å². The molecular formula is C14H26N2O2. The monoisotopic (exact) mass is 254 g/mol. The van der Waals surface area contributed by atoms with E-state index in [4.69, 9.17) is 5.73 Å². The van der Waals surface area contributed by atoms with Crippen molar-refractivity contribution in [2.24, 2.45) is 17.6 Å². The molecular weight excluding hydrogens is 228 g/mol. The predicted octanol–water partition coefficient (Wildman–Crippen LogP) is 1.17. The van der Waals surface area contributed by atoms with Crippen molar-refractivity contribution in [3.8, 4) is 0 Å². The third kappa shape index (κ3) is 3.69. The topological polar surface area (TPSA) is 75.4 Å². The van der Waals surface area contributed by atoms with Gasteiger partial charge in [0.25, 0.3) is 0 Å². The Balaban J connectivity index is 1.67. The van der Waals surface area contributed by atoms with Crippen molar-refractivity contribution in [2.75, 3.05) is 6.54 Å². The van der Waals surface area contributed by atoms with Crippen molar-refractivity contribution in [1.29, 1.82) is 0 Å². The lowest BCUT2D eigenvalue weighted by Crippen LogP contribution is -2.38. The average molecular weight is 254 g/mol. The molecule has 2 rings (SSSR count). The SMILES string of the molecule is N[C@@H]1CCC[C@H]1CC(=O)NCC1CCCCC1O. The van der Waals surface area contributed by atoms with Crippen LogP contribution >= 0.6 is 0 Å². The van der Waals surface area contributed by atoms with Crippen molar-refractivity contribution in [2.45, 2.75) is 63.5 Å². The summed E-state index contributed by atoms with van der Waals surface area (Å²) in [6.07, 6.45) is 7.82. The maximum atomic E-state index is 11.8. The van der Waals surface area contributed by atoms with Crippen LogP contribution in [0.25, 0.3) is 0 Å². The van der Waals surface area contributed by atoms with Crippen LogP contribution in [0.15, 0.2) is 0 Å². The van der Waals surface area contributed by atoms with Crippen LogP contribution in [0.2, 0.25) is 0 Å². The standard InChI is InChI=1S/C14H26N2O2/c15-12-6-3-5-10(12)8-14(18)16-9-11-4-1-2-7-13(11)17/h10-13,17H,1-9,15H2,(H,16,18)/t10-,11?,12+,13?/m0/s1. The molecule has 0 heterocycles. The number of hydrogen-bond acceptors (Lipinski definition) is 3. The Bertz CT molecular complexity index is 283. The summed E-state index contributed by atoms with van der Waals surface area (Å²) < 4.78 is 0. The molecule has 4 nitrogen and oxygen atoms in total. The number of nitrogens with two attached hydrogens (primary N) is 1. The highest BCUT2D eigenvalue weighted by molar-refractivity contribution is 5.76. The molecule has 0 aromatic rings. The van der Waals surface area contributed by atoms with Crippen LogP contribution in [0.5, 0.6) is 0 Å². The van der Waals surface area contributed by atoms with E-state index >= 15 is 0 Å². The lowest BCUT2D eigenvalue weighted by Gasteiger charge is -2.27. The summed E-state index contributed by atoms with van der Waals surface area (Å²) in [6.45, 7) is 0.627. The second-order valence-electron chi connectivity index (χ2n) is 5.97. The summed E-state index contributed by atoms with van der Waals surface area (Å²) in [5, 5.41) is 12.8. The third-order valence-electron chi connectivity index (χ3n) is 4.60. The molecule has 0 saturated heterocycles. The molecule has 0 radical (unpaired) electrons. The van der Waals surface area contributed by atoms with Crippen LogP contribution in [0.4, 0.5) is 0 Å². The fourth-order valence-electron chi connectivity index (χ4n) is 3.30. The largest absolute Gasteiger partial charge is 0.393 e. The minimum absolute atomic E-state index is 0.107. The first-order valence-electron chi connectivity index (χ1n) is 7.37. The van der Waals surface area contributed by atoms with E-state index in [2.05, 4.69) is 5.32 Å². The Kier molecular flexibility index (Phi) is 5.01. The van der Waals surface area contributed by atoms with Gasteiger partial charge in [-0.2, -0.15) is 0 Å². The van der Waals surface area contributed by atoms with Crippen molar-refractivity contribution < 1.29 is 9.90 Å². The molecule has 2 aliphatic carbocycles. The lowest BCUT2D eigenvalue weighted by molar-refractivity contribution is -0.122. The molecule has 2 aliphatic rings. The number of hydrogen-bond donors (Lipinski definition) is 3. The van der Waals surface area contributed by atoms with Gasteiger partial charge in [0, 0.05) is 24.9 Å². The van der Waals surface area contributed by atoms with Gasteiger partial charge < -0.3 is 16.2 Å². The summed E-state index contributed by atoms with van der Waals surface area (Å²) in [6, 6.07) is 0.205. The van der Waals surface area contributed by atoms with Gasteiger partial charge in [0.05, 0.1) is 6.10 Å². The minimum Gasteiger partial charge on any atom is -0.393 e. The van der Waals surface area contributed by atoms with Gasteiger partial charge in [-0.3, -0.25) is 4.79 Å². The molecule has 0 aromatic carbocycles. The van der Waals surface area contributed by atoms with Gasteiger partial charge in [-0.05, 0) is 31.6 Å². The first kappa shape index (κ1) is 13.8. The highest BCUT2D eigenvalue weighted by atomic mass is 16.3. The number of aliphatic hydroxyl groups is 1. The molecule has 2 unspecified atom stereocenters. The molecule has 4 heteroatoms. The zero-order valence-electron chi connectivity index (χ0n) is 11.1. The van der Waals surface area contributed by atoms with E-state index < -0.39 is 0 Å². The van der Waals surface area contributed by atoms with Gasteiger partial charge >= 0.3 is 0 Å². The van der Waals surface area contributed by atoms with Crippen molar-refractivity contribution in [3.63, 3.8) is 0 Å². The first-order valence-corrected chi connectivity index (χ1v) is 7.37. The van der Waals surface area contributed by atoms with E-state index in [-0.39, 0.29) is 24.0 Å². The highest BCUT2D eigenvalue weighted by Gasteiger charge is 2.27. The Labute approximate surface area is 109 Å². The number of amides is 1. The summed E-state index contributed by atoms with van der Waals surface area (Å²) in [4.78, 5) is 11.8. The molecule has 0 bridgehead atoms. The van der Waals surface area contributed by atoms with Crippen LogP contribution in [0, 0.1) is 11.8 Å². The summed E-state index contributed by atoms with van der Waals surface area (Å²) >= 11 is 0. The number of carbonyl (C=O) groups excluding carboxylic acids is 1. The van der Waals surface area contributed by atoms with Crippen molar-refractivity contribution in [1.82, 2.24) is 5.32 Å². The third-order valence-corrected chi connectivity index (χ3v) is 4.60. The summed E-state index contributed by atoms with van der Waals surface area (Å²) in [5.41, 5.74) is 5.97. The molecule has 0 aliphatic heterocycles. The number of nitrogens with one attached hydrogen (secondary N) is 1. The Morgan fingerprint density at radius 3 is 2.50 bits per heavy atom. The van der Waals surface area contributed by atoms with Crippen LogP contribution in [-0.4, -0.2) is 29.7 Å². The van der Waals surface area contributed by atoms with E-state index in [0.29, 0.717) is 18.9 Å². The minimum atomic E-state index is -0.229. The maximum Gasteiger partial charge on any atom is 0.220 e. The Morgan fingerprint density at radius 1 is 1.11 bits per heavy atom. The molecule has 2 saturated carbocycles. The number of rotatable bonds is 4. The fourth-order valence-corrected chi connectivity index (χ4v) is 3.30. The van der Waals surface area contributed by atoms with E-state index in [9.17, 15) is 9.90 Å². The molecule has 2 fully saturated rings. The predicted molar refractivity (Wildman–Crippen MR) is 70.9 cm³/mol. The van der Waals surface area contributed by atoms with Crippen LogP contribution in [0.3, 0.4) is 0 Å². The van der Waals surface area contributed by atoms with Crippen LogP contribution in [0.1, 0.15) is 51.4 Å². The average Bonchev–Trinajstić information content (AvgIpc) is 2.74. The molecule has 18 heavy (non-hydrogen) atoms. The molecule has 1 amide bonds. The normalized spacial score (nSPS) is 36.6. The fraction of sp³-hybridized carbons (Fsp3) is 0.929. The first-order chi connectivity index (χ1) is 8.66. The number of aliphatic hydroxyl groups excluding tert-OH is 1. The molecule has 4 N–H and O–H groups in total. The van der Waals surface area contributed by atoms with Gasteiger partial charge in [0.1, 0.15) is 0 Å². The zero-order valence-corrected chi connectivity index (χ0v) is 11.1. The van der Waals surface area contributed by atoms with Gasteiger partial charge in [0.15, 0.2) is 0 Å². The lowest BCUT2D eigenvalue weighted by atomic mass is 9.86. The molecule has 4 atom stereocenters. The van der Waals surface area contributed by atoms with Gasteiger partial charge in [-0.15, -0.1) is 0 Å². The Hall–Kier alpha value is -0.610. The second-order valence-corrected chi connectivity index (χ2v) is 5.97. The number of carbonyl (C=O) groups is 1. The van der Waals surface area contributed by atoms with Crippen molar-refractivity contribution in [3.05, 3.63) is 0 Å². The quantitative estimate of drug-likeness (QED) is 0.705. The molecule has 0 aromatic heterocycles. The van der Waals surface area contributed by atoms with Gasteiger partial charge in [-0.1, -0.05) is 19.3 Å². The van der Waals surface area contributed by atoms with Crippen molar-refractivity contribution >= 4 is 5.91 Å². The van der Waals surface area contributed by atoms with Gasteiger partial charge in [-0.25, -0.2) is 0 Å². The van der Waals surface area contributed by atoms with E-state index in [1.54, 1.807) is 0 Å². The molecule has 0 spiro atoms. The summed E-state index contributed by atoms with van der Waals surface area (Å²) in [7, 11) is 0. The Morgan fingerprint density at radius 2 is 1.83 bits per heavy atom. The van der Waals surface area contributed by atoms with Crippen LogP contribution in [-0.2, 0) is 4.79 Å². The highest BCUT2D eigenvalue weighted by Crippen LogP contribution is 2.27. The van der Waals surface area contributed by atoms with Gasteiger partial charge in [0.2, 0.25) is 5.91 Å². The zero-order chi connectivity index (χ0) is 13.0.